The number of fused-ring (bicyclic) bond motifs is 4. The predicted molar refractivity (Wildman–Crippen MR) is 180 cm³/mol. The SMILES string of the molecule is C1=CCC(NC2=CCC(C3=CCCC(C4=CCCC(C5=CC=CC6C7=C(C[C@H]8CC78)OC56)=C4)C3)C=C2C2=CCCCC2)C=C1. The molecule has 8 aliphatic carbocycles. The van der Waals surface area contributed by atoms with Crippen LogP contribution < -0.4 is 5.32 Å². The van der Waals surface area contributed by atoms with Crippen molar-refractivity contribution in [3.63, 3.8) is 0 Å². The quantitative estimate of drug-likeness (QED) is 0.315. The Morgan fingerprint density at radius 2 is 1.84 bits per heavy atom. The van der Waals surface area contributed by atoms with Gasteiger partial charge in [0.1, 0.15) is 6.10 Å². The summed E-state index contributed by atoms with van der Waals surface area (Å²) in [5.74, 6) is 4.74. The molecule has 0 aromatic rings. The number of allylic oxidation sites excluding steroid dienone is 14. The minimum atomic E-state index is 0.230. The molecule has 6 unspecified atom stereocenters. The Labute approximate surface area is 264 Å². The zero-order valence-electron chi connectivity index (χ0n) is 26.1. The first-order chi connectivity index (χ1) is 21.8. The number of hydrogen-bond donors (Lipinski definition) is 1. The Bertz CT molecular complexity index is 1580. The van der Waals surface area contributed by atoms with Crippen LogP contribution in [0.25, 0.3) is 0 Å². The van der Waals surface area contributed by atoms with Gasteiger partial charge in [-0.25, -0.2) is 0 Å². The second-order valence-corrected chi connectivity index (χ2v) is 14.7. The molecule has 1 heterocycles. The summed E-state index contributed by atoms with van der Waals surface area (Å²) in [5.41, 5.74) is 12.4. The van der Waals surface area contributed by atoms with Crippen molar-refractivity contribution >= 4 is 0 Å². The van der Waals surface area contributed by atoms with E-state index in [2.05, 4.69) is 84.3 Å². The van der Waals surface area contributed by atoms with Crippen LogP contribution in [-0.4, -0.2) is 12.1 Å². The number of rotatable bonds is 6. The van der Waals surface area contributed by atoms with Gasteiger partial charge in [0, 0.05) is 30.0 Å². The summed E-state index contributed by atoms with van der Waals surface area (Å²) in [6.07, 6.45) is 47.7. The molecule has 2 heteroatoms. The number of nitrogens with one attached hydrogen (secondary N) is 1. The average Bonchev–Trinajstić information content (AvgIpc) is 3.59. The van der Waals surface area contributed by atoms with Gasteiger partial charge in [0.2, 0.25) is 0 Å². The van der Waals surface area contributed by atoms with Gasteiger partial charge < -0.3 is 10.1 Å². The Morgan fingerprint density at radius 3 is 2.75 bits per heavy atom. The molecule has 9 rings (SSSR count). The summed E-state index contributed by atoms with van der Waals surface area (Å²) < 4.78 is 6.71. The molecule has 226 valence electrons. The molecule has 0 radical (unpaired) electrons. The van der Waals surface area contributed by atoms with E-state index in [-0.39, 0.29) is 6.10 Å². The van der Waals surface area contributed by atoms with Crippen LogP contribution in [-0.2, 0) is 4.74 Å². The van der Waals surface area contributed by atoms with E-state index in [1.165, 1.54) is 80.4 Å². The standard InChI is InChI=1S/C42H47NO/c1-3-10-27(11-4-1)37-24-31(20-21-39(37)43-34-16-5-2-6-17-34)29-13-7-12-28(22-29)30-14-8-15-32(23-30)35-18-9-19-36-41-38-25-33(38)26-40(41)44-42(35)36/h2,5-6,9-10,13-14,16,18-19,21,23-24,28,31,33-34,36,38,42-43H,1,3-4,7-8,11-12,15,17,20,22,25-26H2/t28?,31?,33-,34?,36?,38?,42?/m1/s1. The first kappa shape index (κ1) is 27.1. The molecule has 7 atom stereocenters. The Balaban J connectivity index is 0.920. The largest absolute Gasteiger partial charge is 0.489 e. The van der Waals surface area contributed by atoms with Crippen molar-refractivity contribution in [2.45, 2.75) is 95.6 Å². The Kier molecular flexibility index (Phi) is 6.94. The summed E-state index contributed by atoms with van der Waals surface area (Å²) in [6, 6.07) is 0.398. The highest BCUT2D eigenvalue weighted by molar-refractivity contribution is 5.53. The summed E-state index contributed by atoms with van der Waals surface area (Å²) in [6.45, 7) is 0. The third-order valence-corrected chi connectivity index (χ3v) is 12.0. The van der Waals surface area contributed by atoms with Crippen LogP contribution in [0.5, 0.6) is 0 Å². The molecule has 2 nitrogen and oxygen atoms in total. The van der Waals surface area contributed by atoms with E-state index in [0.717, 1.165) is 37.5 Å². The minimum absolute atomic E-state index is 0.230. The van der Waals surface area contributed by atoms with E-state index < -0.39 is 0 Å². The minimum Gasteiger partial charge on any atom is -0.489 e. The average molecular weight is 582 g/mol. The second-order valence-electron chi connectivity index (χ2n) is 14.7. The summed E-state index contributed by atoms with van der Waals surface area (Å²) in [5, 5.41) is 3.91. The fourth-order valence-electron chi connectivity index (χ4n) is 9.61. The molecular weight excluding hydrogens is 534 g/mol. The zero-order chi connectivity index (χ0) is 29.0. The topological polar surface area (TPSA) is 21.3 Å². The van der Waals surface area contributed by atoms with Crippen LogP contribution in [0.3, 0.4) is 0 Å². The highest BCUT2D eigenvalue weighted by atomic mass is 16.5. The summed E-state index contributed by atoms with van der Waals surface area (Å²) >= 11 is 0. The molecule has 0 saturated heterocycles. The van der Waals surface area contributed by atoms with E-state index in [1.807, 2.05) is 0 Å². The molecular formula is C42H47NO. The lowest BCUT2D eigenvalue weighted by Crippen LogP contribution is -2.30. The van der Waals surface area contributed by atoms with Crippen molar-refractivity contribution in [3.05, 3.63) is 129 Å². The van der Waals surface area contributed by atoms with E-state index in [1.54, 1.807) is 27.9 Å². The molecule has 1 fully saturated rings. The van der Waals surface area contributed by atoms with Crippen molar-refractivity contribution in [1.82, 2.24) is 5.32 Å². The van der Waals surface area contributed by atoms with Crippen LogP contribution in [0.2, 0.25) is 0 Å². The van der Waals surface area contributed by atoms with E-state index >= 15 is 0 Å². The molecule has 1 N–H and O–H groups in total. The lowest BCUT2D eigenvalue weighted by molar-refractivity contribution is 0.145. The zero-order valence-corrected chi connectivity index (χ0v) is 26.1. The molecule has 0 aromatic carbocycles. The molecule has 9 aliphatic rings. The number of hydrogen-bond acceptors (Lipinski definition) is 2. The summed E-state index contributed by atoms with van der Waals surface area (Å²) in [4.78, 5) is 0. The Morgan fingerprint density at radius 1 is 0.841 bits per heavy atom. The predicted octanol–water partition coefficient (Wildman–Crippen LogP) is 9.97. The first-order valence-corrected chi connectivity index (χ1v) is 17.9. The van der Waals surface area contributed by atoms with Gasteiger partial charge in [-0.3, -0.25) is 0 Å². The maximum Gasteiger partial charge on any atom is 0.134 e. The van der Waals surface area contributed by atoms with E-state index in [4.69, 9.17) is 4.74 Å². The van der Waals surface area contributed by atoms with Crippen LogP contribution in [0.15, 0.2) is 129 Å². The van der Waals surface area contributed by atoms with Gasteiger partial charge in [-0.05, 0) is 128 Å². The van der Waals surface area contributed by atoms with Crippen molar-refractivity contribution in [2.24, 2.45) is 29.6 Å². The lowest BCUT2D eigenvalue weighted by atomic mass is 9.73. The lowest BCUT2D eigenvalue weighted by Gasteiger charge is -2.33. The van der Waals surface area contributed by atoms with Gasteiger partial charge >= 0.3 is 0 Å². The highest BCUT2D eigenvalue weighted by Gasteiger charge is 2.55. The van der Waals surface area contributed by atoms with Gasteiger partial charge in [-0.2, -0.15) is 0 Å². The molecule has 0 spiro atoms. The first-order valence-electron chi connectivity index (χ1n) is 17.9. The maximum absolute atomic E-state index is 6.71. The molecule has 0 bridgehead atoms. The van der Waals surface area contributed by atoms with Gasteiger partial charge in [0.05, 0.1) is 5.76 Å². The molecule has 0 aromatic heterocycles. The molecule has 1 aliphatic heterocycles. The second kappa shape index (κ2) is 11.3. The van der Waals surface area contributed by atoms with Crippen molar-refractivity contribution in [3.8, 4) is 0 Å². The van der Waals surface area contributed by atoms with Crippen LogP contribution in [0.1, 0.15) is 83.5 Å². The Hall–Kier alpha value is -3.26. The normalized spacial score (nSPS) is 36.9. The highest BCUT2D eigenvalue weighted by Crippen LogP contribution is 2.62. The maximum atomic E-state index is 6.71. The van der Waals surface area contributed by atoms with Gasteiger partial charge in [-0.15, -0.1) is 0 Å². The fourth-order valence-corrected chi connectivity index (χ4v) is 9.61. The van der Waals surface area contributed by atoms with Crippen molar-refractivity contribution in [2.75, 3.05) is 0 Å². The molecule has 44 heavy (non-hydrogen) atoms. The monoisotopic (exact) mass is 581 g/mol. The van der Waals surface area contributed by atoms with Gasteiger partial charge in [0.15, 0.2) is 0 Å². The van der Waals surface area contributed by atoms with Gasteiger partial charge in [0.25, 0.3) is 0 Å². The van der Waals surface area contributed by atoms with Crippen molar-refractivity contribution in [1.29, 1.82) is 0 Å². The van der Waals surface area contributed by atoms with Gasteiger partial charge in [-0.1, -0.05) is 84.6 Å². The van der Waals surface area contributed by atoms with E-state index in [9.17, 15) is 0 Å². The molecule has 0 amide bonds. The molecule has 1 saturated carbocycles. The van der Waals surface area contributed by atoms with E-state index in [0.29, 0.717) is 23.8 Å². The number of ether oxygens (including phenoxy) is 1. The third kappa shape index (κ3) is 4.93. The van der Waals surface area contributed by atoms with Crippen molar-refractivity contribution < 1.29 is 4.74 Å². The van der Waals surface area contributed by atoms with Crippen LogP contribution >= 0.6 is 0 Å². The fraction of sp³-hybridized carbons (Fsp3) is 0.476. The van der Waals surface area contributed by atoms with Crippen LogP contribution in [0, 0.1) is 29.6 Å². The van der Waals surface area contributed by atoms with Crippen LogP contribution in [0.4, 0.5) is 0 Å². The smallest absolute Gasteiger partial charge is 0.134 e. The third-order valence-electron chi connectivity index (χ3n) is 12.0. The summed E-state index contributed by atoms with van der Waals surface area (Å²) in [7, 11) is 0.